The summed E-state index contributed by atoms with van der Waals surface area (Å²) in [6.07, 6.45) is -1.33. The predicted molar refractivity (Wildman–Crippen MR) is 45.6 cm³/mol. The number of primary amides is 1. The summed E-state index contributed by atoms with van der Waals surface area (Å²) in [6, 6.07) is 0. The highest BCUT2D eigenvalue weighted by molar-refractivity contribution is 5.94. The second-order valence-electron chi connectivity index (χ2n) is 2.42. The number of amides is 1. The Morgan fingerprint density at radius 3 is 3.07 bits per heavy atom. The number of aromatic nitrogens is 2. The van der Waals surface area contributed by atoms with E-state index >= 15 is 0 Å². The number of nitrogens with two attached hydrogens (primary N) is 1. The zero-order chi connectivity index (χ0) is 11.3. The molecule has 0 saturated heterocycles. The molecule has 1 aromatic rings. The average molecular weight is 218 g/mol. The van der Waals surface area contributed by atoms with Crippen LogP contribution >= 0.6 is 0 Å². The number of carbonyl (C=O) groups excluding carboxylic acids is 1. The molecule has 0 aromatic carbocycles. The molecule has 0 unspecified atom stereocenters. The van der Waals surface area contributed by atoms with Gasteiger partial charge in [0.2, 0.25) is 0 Å². The van der Waals surface area contributed by atoms with E-state index in [0.717, 1.165) is 0 Å². The molecule has 0 aliphatic carbocycles. The van der Waals surface area contributed by atoms with E-state index in [0.29, 0.717) is 0 Å². The maximum absolute atomic E-state index is 11.6. The van der Waals surface area contributed by atoms with Gasteiger partial charge in [0.1, 0.15) is 0 Å². The largest absolute Gasteiger partial charge is 0.364 e. The maximum Gasteiger partial charge on any atom is 0.271 e. The number of alkyl halides is 2. The standard InChI is InChI=1S/C6H8F2N6O/c7-3(8)1-12-14-13-6-4(5(9)15)10-2-11-6/h2-3H,1H2,(H2,9,15)(H,10,11)(H,12,13). The molecule has 0 aliphatic heterocycles. The minimum absolute atomic E-state index is 0.0178. The van der Waals surface area contributed by atoms with Crippen molar-refractivity contribution >= 4 is 11.7 Å². The first-order valence-corrected chi connectivity index (χ1v) is 3.86. The number of H-pyrrole nitrogens is 1. The van der Waals surface area contributed by atoms with Crippen molar-refractivity contribution in [3.05, 3.63) is 12.0 Å². The fourth-order valence-electron chi connectivity index (χ4n) is 0.739. The van der Waals surface area contributed by atoms with E-state index in [4.69, 9.17) is 5.73 Å². The lowest BCUT2D eigenvalue weighted by molar-refractivity contribution is 0.0996. The summed E-state index contributed by atoms with van der Waals surface area (Å²) < 4.78 is 23.3. The number of rotatable bonds is 5. The number of hydrogen-bond acceptors (Lipinski definition) is 4. The zero-order valence-corrected chi connectivity index (χ0v) is 7.44. The van der Waals surface area contributed by atoms with Crippen LogP contribution in [-0.2, 0) is 0 Å². The Kier molecular flexibility index (Phi) is 3.66. The molecule has 0 bridgehead atoms. The molecule has 1 rings (SSSR count). The third kappa shape index (κ3) is 3.29. The molecular formula is C6H8F2N6O. The third-order valence-electron chi connectivity index (χ3n) is 1.32. The fraction of sp³-hybridized carbons (Fsp3) is 0.333. The summed E-state index contributed by atoms with van der Waals surface area (Å²) in [5, 5.41) is 6.63. The summed E-state index contributed by atoms with van der Waals surface area (Å²) in [4.78, 5) is 16.8. The molecule has 82 valence electrons. The Morgan fingerprint density at radius 2 is 2.47 bits per heavy atom. The van der Waals surface area contributed by atoms with Crippen LogP contribution in [0.3, 0.4) is 0 Å². The van der Waals surface area contributed by atoms with E-state index in [1.807, 2.05) is 5.43 Å². The molecule has 0 atom stereocenters. The Morgan fingerprint density at radius 1 is 1.73 bits per heavy atom. The van der Waals surface area contributed by atoms with E-state index in [-0.39, 0.29) is 11.5 Å². The topological polar surface area (TPSA) is 109 Å². The Labute approximate surface area is 82.8 Å². The lowest BCUT2D eigenvalue weighted by Gasteiger charge is -1.95. The van der Waals surface area contributed by atoms with Crippen LogP contribution in [0.25, 0.3) is 0 Å². The van der Waals surface area contributed by atoms with Gasteiger partial charge in [-0.2, -0.15) is 0 Å². The summed E-state index contributed by atoms with van der Waals surface area (Å²) in [5.41, 5.74) is 6.85. The molecular weight excluding hydrogens is 210 g/mol. The number of halogens is 2. The molecule has 7 nitrogen and oxygen atoms in total. The quantitative estimate of drug-likeness (QED) is 0.490. The van der Waals surface area contributed by atoms with E-state index in [9.17, 15) is 13.6 Å². The van der Waals surface area contributed by atoms with Gasteiger partial charge >= 0.3 is 0 Å². The lowest BCUT2D eigenvalue weighted by Crippen LogP contribution is -2.14. The van der Waals surface area contributed by atoms with Crippen molar-refractivity contribution in [2.45, 2.75) is 6.43 Å². The Balaban J connectivity index is 2.56. The summed E-state index contributed by atoms with van der Waals surface area (Å²) in [7, 11) is 0. The highest BCUT2D eigenvalue weighted by Crippen LogP contribution is 2.12. The second kappa shape index (κ2) is 4.98. The number of nitrogens with zero attached hydrogens (tertiary/aromatic N) is 3. The molecule has 0 radical (unpaired) electrons. The van der Waals surface area contributed by atoms with Crippen LogP contribution in [0.15, 0.2) is 16.7 Å². The number of aromatic amines is 1. The summed E-state index contributed by atoms with van der Waals surface area (Å²) in [6.45, 7) is -0.621. The monoisotopic (exact) mass is 218 g/mol. The smallest absolute Gasteiger partial charge is 0.271 e. The van der Waals surface area contributed by atoms with Crippen molar-refractivity contribution < 1.29 is 13.6 Å². The van der Waals surface area contributed by atoms with Crippen LogP contribution in [0, 0.1) is 0 Å². The second-order valence-corrected chi connectivity index (χ2v) is 2.42. The van der Waals surface area contributed by atoms with E-state index in [2.05, 4.69) is 20.3 Å². The van der Waals surface area contributed by atoms with Crippen LogP contribution in [0.2, 0.25) is 0 Å². The summed E-state index contributed by atoms with van der Waals surface area (Å²) in [5.74, 6) is -0.761. The van der Waals surface area contributed by atoms with Crippen molar-refractivity contribution in [3.8, 4) is 0 Å². The highest BCUT2D eigenvalue weighted by Gasteiger charge is 2.10. The van der Waals surface area contributed by atoms with Crippen LogP contribution in [0.4, 0.5) is 14.6 Å². The van der Waals surface area contributed by atoms with E-state index < -0.39 is 18.9 Å². The third-order valence-corrected chi connectivity index (χ3v) is 1.32. The minimum atomic E-state index is -2.53. The highest BCUT2D eigenvalue weighted by atomic mass is 19.3. The van der Waals surface area contributed by atoms with Crippen LogP contribution in [-0.4, -0.2) is 28.8 Å². The van der Waals surface area contributed by atoms with Crippen molar-refractivity contribution in [3.63, 3.8) is 0 Å². The van der Waals surface area contributed by atoms with Gasteiger partial charge in [0.15, 0.2) is 11.5 Å². The van der Waals surface area contributed by atoms with Crippen molar-refractivity contribution in [1.29, 1.82) is 0 Å². The Bertz CT molecular complexity index is 362. The predicted octanol–water partition coefficient (Wildman–Crippen LogP) is 0.362. The number of nitrogens with one attached hydrogen (secondary N) is 2. The molecule has 0 aliphatic rings. The van der Waals surface area contributed by atoms with E-state index in [1.54, 1.807) is 0 Å². The first-order valence-electron chi connectivity index (χ1n) is 3.86. The van der Waals surface area contributed by atoms with Gasteiger partial charge in [0, 0.05) is 0 Å². The molecule has 1 aromatic heterocycles. The van der Waals surface area contributed by atoms with Gasteiger partial charge in [0.25, 0.3) is 12.3 Å². The van der Waals surface area contributed by atoms with Gasteiger partial charge in [-0.15, -0.1) is 5.11 Å². The molecule has 4 N–H and O–H groups in total. The lowest BCUT2D eigenvalue weighted by atomic mass is 10.4. The molecule has 0 spiro atoms. The number of carbonyl (C=O) groups is 1. The normalized spacial score (nSPS) is 11.1. The van der Waals surface area contributed by atoms with E-state index in [1.165, 1.54) is 6.33 Å². The van der Waals surface area contributed by atoms with Gasteiger partial charge in [-0.1, -0.05) is 5.22 Å². The van der Waals surface area contributed by atoms with Gasteiger partial charge in [0.05, 0.1) is 12.9 Å². The van der Waals surface area contributed by atoms with Crippen LogP contribution in [0.1, 0.15) is 10.5 Å². The van der Waals surface area contributed by atoms with Crippen molar-refractivity contribution in [1.82, 2.24) is 15.4 Å². The minimum Gasteiger partial charge on any atom is -0.364 e. The van der Waals surface area contributed by atoms with Crippen LogP contribution < -0.4 is 11.2 Å². The average Bonchev–Trinajstić information content (AvgIpc) is 2.60. The Hall–Kier alpha value is -2.06. The molecule has 0 saturated carbocycles. The summed E-state index contributed by atoms with van der Waals surface area (Å²) >= 11 is 0. The van der Waals surface area contributed by atoms with Gasteiger partial charge in [-0.05, 0) is 0 Å². The van der Waals surface area contributed by atoms with Crippen molar-refractivity contribution in [2.24, 2.45) is 16.1 Å². The maximum atomic E-state index is 11.6. The molecule has 9 heteroatoms. The molecule has 15 heavy (non-hydrogen) atoms. The SMILES string of the molecule is NC(=O)c1nc[nH]c1/N=N/NCC(F)F. The fourth-order valence-corrected chi connectivity index (χ4v) is 0.739. The van der Waals surface area contributed by atoms with Gasteiger partial charge in [-0.25, -0.2) is 13.8 Å². The first-order chi connectivity index (χ1) is 7.11. The molecule has 0 fully saturated rings. The van der Waals surface area contributed by atoms with Crippen molar-refractivity contribution in [2.75, 3.05) is 6.54 Å². The molecule has 1 amide bonds. The van der Waals surface area contributed by atoms with Gasteiger partial charge in [-0.3, -0.25) is 10.2 Å². The van der Waals surface area contributed by atoms with Crippen LogP contribution in [0.5, 0.6) is 0 Å². The first kappa shape index (κ1) is 11.0. The number of imidazole rings is 1. The van der Waals surface area contributed by atoms with Gasteiger partial charge < -0.3 is 10.7 Å². The molecule has 1 heterocycles. The zero-order valence-electron chi connectivity index (χ0n) is 7.44. The number of hydrogen-bond donors (Lipinski definition) is 3.